The minimum atomic E-state index is 0. The summed E-state index contributed by atoms with van der Waals surface area (Å²) in [5, 5.41) is 3.43. The molecule has 1 heterocycles. The number of methoxy groups -OCH3 is 1. The number of halogens is 2. The highest BCUT2D eigenvalue weighted by Gasteiger charge is 2.13. The molecule has 1 aliphatic rings. The Bertz CT molecular complexity index is 381. The lowest BCUT2D eigenvalue weighted by molar-refractivity contribution is 0.158. The molecule has 1 fully saturated rings. The highest BCUT2D eigenvalue weighted by atomic mass is 35.5. The van der Waals surface area contributed by atoms with Crippen LogP contribution in [0.15, 0.2) is 24.3 Å². The highest BCUT2D eigenvalue weighted by molar-refractivity contribution is 5.85. The average Bonchev–Trinajstić information content (AvgIpc) is 2.48. The number of rotatable bonds is 7. The molecule has 1 saturated heterocycles. The van der Waals surface area contributed by atoms with Crippen LogP contribution in [0.2, 0.25) is 0 Å². The molecule has 1 aromatic carbocycles. The van der Waals surface area contributed by atoms with Crippen LogP contribution in [-0.4, -0.2) is 45.3 Å². The van der Waals surface area contributed by atoms with Gasteiger partial charge in [0.05, 0.1) is 6.61 Å². The van der Waals surface area contributed by atoms with E-state index in [1.165, 1.54) is 43.5 Å². The molecule has 1 N–H and O–H groups in total. The maximum absolute atomic E-state index is 5.11. The summed E-state index contributed by atoms with van der Waals surface area (Å²) in [6, 6.07) is 9.17. The van der Waals surface area contributed by atoms with E-state index in [0.29, 0.717) is 0 Å². The van der Waals surface area contributed by atoms with E-state index in [1.807, 2.05) is 0 Å². The first-order chi connectivity index (χ1) is 9.78. The molecule has 0 atom stereocenters. The summed E-state index contributed by atoms with van der Waals surface area (Å²) in [5.41, 5.74) is 2.87. The first-order valence-corrected chi connectivity index (χ1v) is 7.74. The molecule has 0 radical (unpaired) electrons. The number of nitrogens with zero attached hydrogens (tertiary/aromatic N) is 1. The summed E-state index contributed by atoms with van der Waals surface area (Å²) < 4.78 is 5.11. The molecular weight excluding hydrogens is 319 g/mol. The van der Waals surface area contributed by atoms with E-state index in [0.717, 1.165) is 25.6 Å². The van der Waals surface area contributed by atoms with Crippen molar-refractivity contribution in [3.05, 3.63) is 35.4 Å². The van der Waals surface area contributed by atoms with Gasteiger partial charge in [-0.2, -0.15) is 0 Å². The van der Waals surface area contributed by atoms with E-state index in [1.54, 1.807) is 7.11 Å². The van der Waals surface area contributed by atoms with Gasteiger partial charge in [0.1, 0.15) is 0 Å². The van der Waals surface area contributed by atoms with Gasteiger partial charge >= 0.3 is 0 Å². The number of benzene rings is 1. The molecule has 0 amide bonds. The Balaban J connectivity index is 0.00000220. The lowest BCUT2D eigenvalue weighted by Gasteiger charge is -2.22. The fourth-order valence-corrected chi connectivity index (χ4v) is 2.84. The van der Waals surface area contributed by atoms with Gasteiger partial charge in [0.25, 0.3) is 0 Å². The molecule has 5 heteroatoms. The van der Waals surface area contributed by atoms with Crippen molar-refractivity contribution in [2.45, 2.75) is 25.8 Å². The van der Waals surface area contributed by atoms with Crippen LogP contribution in [0.3, 0.4) is 0 Å². The minimum Gasteiger partial charge on any atom is -0.383 e. The second kappa shape index (κ2) is 12.1. The van der Waals surface area contributed by atoms with Crippen LogP contribution >= 0.6 is 24.8 Å². The van der Waals surface area contributed by atoms with Crippen molar-refractivity contribution < 1.29 is 4.74 Å². The van der Waals surface area contributed by atoms with Gasteiger partial charge in [-0.05, 0) is 56.4 Å². The van der Waals surface area contributed by atoms with E-state index in [2.05, 4.69) is 41.5 Å². The topological polar surface area (TPSA) is 24.5 Å². The molecule has 0 spiro atoms. The van der Waals surface area contributed by atoms with Crippen molar-refractivity contribution in [3.63, 3.8) is 0 Å². The summed E-state index contributed by atoms with van der Waals surface area (Å²) in [6.45, 7) is 5.15. The molecule has 2 rings (SSSR count). The summed E-state index contributed by atoms with van der Waals surface area (Å²) in [4.78, 5) is 2.30. The maximum Gasteiger partial charge on any atom is 0.0589 e. The summed E-state index contributed by atoms with van der Waals surface area (Å²) >= 11 is 0. The molecular formula is C17H30Cl2N2O. The van der Waals surface area contributed by atoms with Crippen LogP contribution in [0.4, 0.5) is 0 Å². The Kier molecular flexibility index (Phi) is 12.0. The summed E-state index contributed by atoms with van der Waals surface area (Å²) in [5.74, 6) is 0.867. The molecule has 1 aliphatic heterocycles. The quantitative estimate of drug-likeness (QED) is 0.818. The zero-order valence-electron chi connectivity index (χ0n) is 13.7. The predicted molar refractivity (Wildman–Crippen MR) is 98.4 cm³/mol. The van der Waals surface area contributed by atoms with Crippen LogP contribution in [0.1, 0.15) is 24.0 Å². The molecule has 0 unspecified atom stereocenters. The van der Waals surface area contributed by atoms with Crippen LogP contribution in [0.25, 0.3) is 0 Å². The Morgan fingerprint density at radius 2 is 1.68 bits per heavy atom. The molecule has 3 nitrogen and oxygen atoms in total. The molecule has 1 aromatic rings. The monoisotopic (exact) mass is 348 g/mol. The highest BCUT2D eigenvalue weighted by Crippen LogP contribution is 2.18. The van der Waals surface area contributed by atoms with Gasteiger partial charge in [0.2, 0.25) is 0 Å². The Morgan fingerprint density at radius 1 is 1.09 bits per heavy atom. The van der Waals surface area contributed by atoms with Crippen LogP contribution in [0.5, 0.6) is 0 Å². The predicted octanol–water partition coefficient (Wildman–Crippen LogP) is 3.15. The summed E-state index contributed by atoms with van der Waals surface area (Å²) in [6.07, 6.45) is 3.88. The van der Waals surface area contributed by atoms with Gasteiger partial charge in [-0.25, -0.2) is 0 Å². The number of piperidine rings is 1. The third kappa shape index (κ3) is 7.80. The molecule has 0 aliphatic carbocycles. The van der Waals surface area contributed by atoms with Gasteiger partial charge in [0.15, 0.2) is 0 Å². The van der Waals surface area contributed by atoms with Gasteiger partial charge in [0, 0.05) is 20.2 Å². The lowest BCUT2D eigenvalue weighted by Crippen LogP contribution is -2.28. The van der Waals surface area contributed by atoms with E-state index >= 15 is 0 Å². The molecule has 0 aromatic heterocycles. The van der Waals surface area contributed by atoms with Crippen molar-refractivity contribution in [1.82, 2.24) is 10.2 Å². The smallest absolute Gasteiger partial charge is 0.0589 e. The Hall–Kier alpha value is -0.320. The van der Waals surface area contributed by atoms with Crippen LogP contribution in [-0.2, 0) is 17.7 Å². The largest absolute Gasteiger partial charge is 0.383 e. The standard InChI is InChI=1S/C17H28N2O.2ClH/c1-19(11-12-20-2)14-17-5-3-15(4-6-17)13-16-7-9-18-10-8-16;;/h3-6,16,18H,7-14H2,1-2H3;2*1H. The van der Waals surface area contributed by atoms with Crippen molar-refractivity contribution in [2.75, 3.05) is 40.4 Å². The fourth-order valence-electron chi connectivity index (χ4n) is 2.84. The average molecular weight is 349 g/mol. The zero-order valence-corrected chi connectivity index (χ0v) is 15.3. The first-order valence-electron chi connectivity index (χ1n) is 7.74. The third-order valence-electron chi connectivity index (χ3n) is 4.14. The van der Waals surface area contributed by atoms with E-state index < -0.39 is 0 Å². The molecule has 0 bridgehead atoms. The SMILES string of the molecule is COCCN(C)Cc1ccc(CC2CCNCC2)cc1.Cl.Cl. The second-order valence-corrected chi connectivity index (χ2v) is 5.94. The minimum absolute atomic E-state index is 0. The molecule has 128 valence electrons. The zero-order chi connectivity index (χ0) is 14.2. The van der Waals surface area contributed by atoms with Gasteiger partial charge in [-0.15, -0.1) is 24.8 Å². The van der Waals surface area contributed by atoms with E-state index in [9.17, 15) is 0 Å². The molecule has 22 heavy (non-hydrogen) atoms. The number of hydrogen-bond donors (Lipinski definition) is 1. The number of nitrogens with one attached hydrogen (secondary N) is 1. The van der Waals surface area contributed by atoms with Crippen LogP contribution < -0.4 is 5.32 Å². The van der Waals surface area contributed by atoms with Crippen LogP contribution in [0, 0.1) is 5.92 Å². The Labute approximate surface area is 147 Å². The number of likely N-dealkylation sites (N-methyl/N-ethyl adjacent to an activating group) is 1. The third-order valence-corrected chi connectivity index (χ3v) is 4.14. The fraction of sp³-hybridized carbons (Fsp3) is 0.647. The number of ether oxygens (including phenoxy) is 1. The van der Waals surface area contributed by atoms with Gasteiger partial charge in [-0.1, -0.05) is 24.3 Å². The Morgan fingerprint density at radius 3 is 2.27 bits per heavy atom. The molecule has 0 saturated carbocycles. The maximum atomic E-state index is 5.11. The van der Waals surface area contributed by atoms with Gasteiger partial charge < -0.3 is 10.1 Å². The van der Waals surface area contributed by atoms with E-state index in [-0.39, 0.29) is 24.8 Å². The van der Waals surface area contributed by atoms with Crippen molar-refractivity contribution in [1.29, 1.82) is 0 Å². The van der Waals surface area contributed by atoms with Crippen molar-refractivity contribution >= 4 is 24.8 Å². The lowest BCUT2D eigenvalue weighted by atomic mass is 9.91. The van der Waals surface area contributed by atoms with Crippen molar-refractivity contribution in [3.8, 4) is 0 Å². The van der Waals surface area contributed by atoms with Gasteiger partial charge in [-0.3, -0.25) is 4.90 Å². The summed E-state index contributed by atoms with van der Waals surface area (Å²) in [7, 11) is 3.89. The number of hydrogen-bond acceptors (Lipinski definition) is 3. The van der Waals surface area contributed by atoms with Crippen molar-refractivity contribution in [2.24, 2.45) is 5.92 Å². The normalized spacial score (nSPS) is 15.2. The first kappa shape index (κ1) is 21.7. The van der Waals surface area contributed by atoms with E-state index in [4.69, 9.17) is 4.74 Å². The second-order valence-electron chi connectivity index (χ2n) is 5.94.